The average molecular weight is 227 g/mol. The summed E-state index contributed by atoms with van der Waals surface area (Å²) in [6.07, 6.45) is 0.686. The van der Waals surface area contributed by atoms with Crippen molar-refractivity contribution in [3.05, 3.63) is 0 Å². The maximum atomic E-state index is 11.9. The van der Waals surface area contributed by atoms with E-state index in [1.807, 2.05) is 13.8 Å². The zero-order valence-electron chi connectivity index (χ0n) is 10.7. The van der Waals surface area contributed by atoms with E-state index >= 15 is 0 Å². The second kappa shape index (κ2) is 4.44. The third-order valence-corrected chi connectivity index (χ3v) is 2.61. The molecule has 92 valence electrons. The molecule has 0 aliphatic carbocycles. The highest BCUT2D eigenvalue weighted by Crippen LogP contribution is 2.26. The van der Waals surface area contributed by atoms with E-state index in [1.54, 1.807) is 20.8 Å². The first kappa shape index (κ1) is 13.0. The Bertz CT molecular complexity index is 291. The molecule has 1 unspecified atom stereocenters. The predicted octanol–water partition coefficient (Wildman–Crippen LogP) is 2.57. The van der Waals surface area contributed by atoms with Crippen molar-refractivity contribution in [1.29, 1.82) is 0 Å². The summed E-state index contributed by atoms with van der Waals surface area (Å²) in [7, 11) is 0. The highest BCUT2D eigenvalue weighted by molar-refractivity contribution is 5.94. The van der Waals surface area contributed by atoms with E-state index in [9.17, 15) is 9.59 Å². The Kier molecular flexibility index (Phi) is 3.61. The molecule has 0 N–H and O–H groups in total. The molecule has 1 rings (SSSR count). The fourth-order valence-electron chi connectivity index (χ4n) is 1.89. The van der Waals surface area contributed by atoms with Gasteiger partial charge in [0.2, 0.25) is 5.91 Å². The molecule has 0 saturated carbocycles. The number of imide groups is 1. The van der Waals surface area contributed by atoms with Crippen LogP contribution >= 0.6 is 0 Å². The molecule has 0 spiro atoms. The van der Waals surface area contributed by atoms with Gasteiger partial charge >= 0.3 is 6.09 Å². The summed E-state index contributed by atoms with van der Waals surface area (Å²) in [5.74, 6) is 0.159. The van der Waals surface area contributed by atoms with Gasteiger partial charge in [-0.25, -0.2) is 9.69 Å². The van der Waals surface area contributed by atoms with Crippen molar-refractivity contribution >= 4 is 12.0 Å². The average Bonchev–Trinajstić information content (AvgIpc) is 2.43. The number of carbonyl (C=O) groups excluding carboxylic acids is 2. The summed E-state index contributed by atoms with van der Waals surface area (Å²) in [5.41, 5.74) is -0.554. The number of hydrogen-bond donors (Lipinski definition) is 0. The molecule has 1 saturated heterocycles. The van der Waals surface area contributed by atoms with Crippen molar-refractivity contribution in [3.8, 4) is 0 Å². The molecule has 1 fully saturated rings. The van der Waals surface area contributed by atoms with E-state index in [-0.39, 0.29) is 17.9 Å². The van der Waals surface area contributed by atoms with Crippen LogP contribution in [0.1, 0.15) is 47.5 Å². The Morgan fingerprint density at radius 3 is 2.44 bits per heavy atom. The van der Waals surface area contributed by atoms with Gasteiger partial charge in [-0.3, -0.25) is 4.79 Å². The predicted molar refractivity (Wildman–Crippen MR) is 60.9 cm³/mol. The van der Waals surface area contributed by atoms with Gasteiger partial charge in [-0.15, -0.1) is 0 Å². The molecular formula is C12H21NO3. The van der Waals surface area contributed by atoms with E-state index in [2.05, 4.69) is 0 Å². The van der Waals surface area contributed by atoms with Crippen LogP contribution in [0.15, 0.2) is 0 Å². The van der Waals surface area contributed by atoms with Gasteiger partial charge in [-0.2, -0.15) is 0 Å². The normalized spacial score (nSPS) is 21.8. The van der Waals surface area contributed by atoms with Gasteiger partial charge in [0, 0.05) is 12.5 Å². The number of amides is 2. The van der Waals surface area contributed by atoms with Crippen LogP contribution in [0, 0.1) is 5.92 Å². The lowest BCUT2D eigenvalue weighted by Crippen LogP contribution is -2.44. The molecule has 16 heavy (non-hydrogen) atoms. The summed E-state index contributed by atoms with van der Waals surface area (Å²) >= 11 is 0. The van der Waals surface area contributed by atoms with E-state index in [4.69, 9.17) is 4.74 Å². The molecular weight excluding hydrogens is 206 g/mol. The number of hydrogen-bond acceptors (Lipinski definition) is 3. The number of carbonyl (C=O) groups is 2. The SMILES string of the molecule is CC(C)C1CCC(=O)N1C(=O)OC(C)(C)C. The van der Waals surface area contributed by atoms with Gasteiger partial charge in [0.15, 0.2) is 0 Å². The lowest BCUT2D eigenvalue weighted by atomic mass is 10.0. The van der Waals surface area contributed by atoms with Crippen LogP contribution in [-0.2, 0) is 9.53 Å². The second-order valence-corrected chi connectivity index (χ2v) is 5.59. The lowest BCUT2D eigenvalue weighted by molar-refractivity contribution is -0.128. The van der Waals surface area contributed by atoms with E-state index in [1.165, 1.54) is 4.90 Å². The minimum absolute atomic E-state index is 0.0117. The second-order valence-electron chi connectivity index (χ2n) is 5.59. The standard InChI is InChI=1S/C12H21NO3/c1-8(2)9-6-7-10(14)13(9)11(15)16-12(3,4)5/h8-9H,6-7H2,1-5H3. The van der Waals surface area contributed by atoms with Gasteiger partial charge in [-0.05, 0) is 33.1 Å². The van der Waals surface area contributed by atoms with Crippen LogP contribution < -0.4 is 0 Å². The van der Waals surface area contributed by atoms with Gasteiger partial charge in [-0.1, -0.05) is 13.8 Å². The molecule has 0 radical (unpaired) electrons. The first-order valence-electron chi connectivity index (χ1n) is 5.77. The number of ether oxygens (including phenoxy) is 1. The molecule has 2 amide bonds. The van der Waals surface area contributed by atoms with Crippen molar-refractivity contribution in [2.24, 2.45) is 5.92 Å². The van der Waals surface area contributed by atoms with Crippen LogP contribution in [0.25, 0.3) is 0 Å². The van der Waals surface area contributed by atoms with Gasteiger partial charge in [0.1, 0.15) is 5.60 Å². The third-order valence-electron chi connectivity index (χ3n) is 2.61. The minimum atomic E-state index is -0.554. The summed E-state index contributed by atoms with van der Waals surface area (Å²) in [5, 5.41) is 0. The van der Waals surface area contributed by atoms with Gasteiger partial charge in [0.05, 0.1) is 0 Å². The molecule has 4 heteroatoms. The number of rotatable bonds is 1. The van der Waals surface area contributed by atoms with Crippen molar-refractivity contribution < 1.29 is 14.3 Å². The zero-order valence-corrected chi connectivity index (χ0v) is 10.7. The Hall–Kier alpha value is -1.06. The molecule has 0 bridgehead atoms. The summed E-state index contributed by atoms with van der Waals surface area (Å²) in [6, 6.07) is -0.0117. The molecule has 0 aromatic heterocycles. The highest BCUT2D eigenvalue weighted by Gasteiger charge is 2.39. The molecule has 1 heterocycles. The maximum Gasteiger partial charge on any atom is 0.417 e. The molecule has 1 atom stereocenters. The fraction of sp³-hybridized carbons (Fsp3) is 0.833. The van der Waals surface area contributed by atoms with Crippen LogP contribution in [-0.4, -0.2) is 28.5 Å². The molecule has 4 nitrogen and oxygen atoms in total. The van der Waals surface area contributed by atoms with Crippen LogP contribution in [0.4, 0.5) is 4.79 Å². The molecule has 1 aliphatic heterocycles. The maximum absolute atomic E-state index is 11.9. The number of nitrogens with zero attached hydrogens (tertiary/aromatic N) is 1. The molecule has 1 aliphatic rings. The first-order valence-corrected chi connectivity index (χ1v) is 5.77. The largest absolute Gasteiger partial charge is 0.443 e. The van der Waals surface area contributed by atoms with Crippen LogP contribution in [0.3, 0.4) is 0 Å². The Morgan fingerprint density at radius 2 is 2.00 bits per heavy atom. The first-order chi connectivity index (χ1) is 7.22. The summed E-state index contributed by atoms with van der Waals surface area (Å²) < 4.78 is 5.24. The molecule has 0 aromatic rings. The Balaban J connectivity index is 2.76. The topological polar surface area (TPSA) is 46.6 Å². The van der Waals surface area contributed by atoms with Crippen LogP contribution in [0.2, 0.25) is 0 Å². The fourth-order valence-corrected chi connectivity index (χ4v) is 1.89. The summed E-state index contributed by atoms with van der Waals surface area (Å²) in [6.45, 7) is 9.43. The quantitative estimate of drug-likeness (QED) is 0.691. The Labute approximate surface area is 96.9 Å². The highest BCUT2D eigenvalue weighted by atomic mass is 16.6. The third kappa shape index (κ3) is 2.97. The van der Waals surface area contributed by atoms with E-state index < -0.39 is 11.7 Å². The Morgan fingerprint density at radius 1 is 1.44 bits per heavy atom. The van der Waals surface area contributed by atoms with Crippen LogP contribution in [0.5, 0.6) is 0 Å². The monoisotopic (exact) mass is 227 g/mol. The van der Waals surface area contributed by atoms with Crippen molar-refractivity contribution in [2.45, 2.75) is 59.1 Å². The number of likely N-dealkylation sites (tertiary alicyclic amines) is 1. The zero-order chi connectivity index (χ0) is 12.5. The van der Waals surface area contributed by atoms with Crippen molar-refractivity contribution in [3.63, 3.8) is 0 Å². The van der Waals surface area contributed by atoms with E-state index in [0.717, 1.165) is 6.42 Å². The molecule has 0 aromatic carbocycles. The van der Waals surface area contributed by atoms with Gasteiger partial charge in [0.25, 0.3) is 0 Å². The van der Waals surface area contributed by atoms with Gasteiger partial charge < -0.3 is 4.74 Å². The summed E-state index contributed by atoms with van der Waals surface area (Å²) in [4.78, 5) is 24.8. The lowest BCUT2D eigenvalue weighted by Gasteiger charge is -2.29. The smallest absolute Gasteiger partial charge is 0.417 e. The minimum Gasteiger partial charge on any atom is -0.443 e. The van der Waals surface area contributed by atoms with Crippen molar-refractivity contribution in [1.82, 2.24) is 4.90 Å². The van der Waals surface area contributed by atoms with E-state index in [0.29, 0.717) is 6.42 Å². The van der Waals surface area contributed by atoms with Crippen molar-refractivity contribution in [2.75, 3.05) is 0 Å².